The normalized spacial score (nSPS) is 10.8. The minimum Gasteiger partial charge on any atom is -0.325 e. The molecule has 156 valence electrons. The van der Waals surface area contributed by atoms with Gasteiger partial charge in [0.25, 0.3) is 0 Å². The number of aryl methyl sites for hydroxylation is 1. The number of pyridine rings is 1. The summed E-state index contributed by atoms with van der Waals surface area (Å²) in [7, 11) is 0. The predicted octanol–water partition coefficient (Wildman–Crippen LogP) is 5.27. The fraction of sp³-hybridized carbons (Fsp3) is 0.0909. The summed E-state index contributed by atoms with van der Waals surface area (Å²) in [6.45, 7) is 1.67. The molecule has 0 aliphatic heterocycles. The largest absolute Gasteiger partial charge is 0.325 e. The predicted molar refractivity (Wildman–Crippen MR) is 123 cm³/mol. The number of amides is 1. The van der Waals surface area contributed by atoms with Crippen molar-refractivity contribution in [3.05, 3.63) is 82.8 Å². The van der Waals surface area contributed by atoms with E-state index >= 15 is 0 Å². The minimum atomic E-state index is -0.360. The van der Waals surface area contributed by atoms with Crippen LogP contribution in [0.4, 0.5) is 10.1 Å². The molecule has 2 aromatic carbocycles. The quantitative estimate of drug-likeness (QED) is 0.367. The molecular weight excluding hydrogens is 481 g/mol. The first-order valence-corrected chi connectivity index (χ1v) is 11.1. The van der Waals surface area contributed by atoms with Crippen molar-refractivity contribution in [2.24, 2.45) is 0 Å². The lowest BCUT2D eigenvalue weighted by molar-refractivity contribution is -0.113. The van der Waals surface area contributed by atoms with E-state index in [4.69, 9.17) is 0 Å². The molecule has 4 rings (SSSR count). The summed E-state index contributed by atoms with van der Waals surface area (Å²) in [5.74, 6) is 0.0963. The summed E-state index contributed by atoms with van der Waals surface area (Å²) in [6, 6.07) is 16.1. The summed E-state index contributed by atoms with van der Waals surface area (Å²) in [6.07, 6.45) is 3.41. The lowest BCUT2D eigenvalue weighted by Crippen LogP contribution is -2.14. The lowest BCUT2D eigenvalue weighted by Gasteiger charge is -2.11. The number of benzene rings is 2. The van der Waals surface area contributed by atoms with Crippen LogP contribution < -0.4 is 5.32 Å². The fourth-order valence-electron chi connectivity index (χ4n) is 2.87. The van der Waals surface area contributed by atoms with Crippen molar-refractivity contribution in [2.45, 2.75) is 12.1 Å². The van der Waals surface area contributed by atoms with Crippen LogP contribution in [0.25, 0.3) is 17.1 Å². The zero-order valence-corrected chi connectivity index (χ0v) is 18.8. The molecule has 0 fully saturated rings. The van der Waals surface area contributed by atoms with Crippen LogP contribution in [0.3, 0.4) is 0 Å². The van der Waals surface area contributed by atoms with Gasteiger partial charge in [-0.05, 0) is 61.0 Å². The molecule has 0 saturated heterocycles. The van der Waals surface area contributed by atoms with E-state index in [0.29, 0.717) is 22.2 Å². The number of thioether (sulfide) groups is 1. The Balaban J connectivity index is 1.57. The molecule has 0 unspecified atom stereocenters. The molecule has 2 aromatic heterocycles. The highest BCUT2D eigenvalue weighted by Gasteiger charge is 2.17. The van der Waals surface area contributed by atoms with Crippen molar-refractivity contribution in [2.75, 3.05) is 11.1 Å². The van der Waals surface area contributed by atoms with E-state index in [1.165, 1.54) is 17.8 Å². The number of hydrogen-bond acceptors (Lipinski definition) is 5. The number of carbonyl (C=O) groups is 1. The standard InChI is InChI=1S/C22H17BrFN5OS/c1-14-4-7-17(11-19(14)24)26-20(30)13-31-22-28-27-21(15-3-2-10-25-12-15)29(22)18-8-5-16(23)6-9-18/h2-12H,13H2,1H3,(H,26,30). The zero-order chi connectivity index (χ0) is 21.8. The first-order chi connectivity index (χ1) is 15.0. The fourth-order valence-corrected chi connectivity index (χ4v) is 3.88. The van der Waals surface area contributed by atoms with Crippen molar-refractivity contribution in [3.63, 3.8) is 0 Å². The number of hydrogen-bond donors (Lipinski definition) is 1. The van der Waals surface area contributed by atoms with Crippen LogP contribution in [0.2, 0.25) is 0 Å². The van der Waals surface area contributed by atoms with Crippen LogP contribution >= 0.6 is 27.7 Å². The van der Waals surface area contributed by atoms with Gasteiger partial charge in [0.05, 0.1) is 5.75 Å². The van der Waals surface area contributed by atoms with Gasteiger partial charge in [0.2, 0.25) is 5.91 Å². The van der Waals surface area contributed by atoms with Gasteiger partial charge in [0.15, 0.2) is 11.0 Å². The smallest absolute Gasteiger partial charge is 0.234 e. The first-order valence-electron chi connectivity index (χ1n) is 9.32. The van der Waals surface area contributed by atoms with E-state index in [2.05, 4.69) is 36.4 Å². The number of rotatable bonds is 6. The SMILES string of the molecule is Cc1ccc(NC(=O)CSc2nnc(-c3cccnc3)n2-c2ccc(Br)cc2)cc1F. The third-order valence-corrected chi connectivity index (χ3v) is 5.88. The van der Waals surface area contributed by atoms with Crippen LogP contribution in [0.15, 0.2) is 76.6 Å². The Kier molecular flexibility index (Phi) is 6.43. The van der Waals surface area contributed by atoms with E-state index in [1.54, 1.807) is 31.5 Å². The second-order valence-corrected chi connectivity index (χ2v) is 8.52. The van der Waals surface area contributed by atoms with Gasteiger partial charge in [-0.2, -0.15) is 0 Å². The molecule has 6 nitrogen and oxygen atoms in total. The number of carbonyl (C=O) groups excluding carboxylic acids is 1. The van der Waals surface area contributed by atoms with E-state index in [0.717, 1.165) is 15.7 Å². The van der Waals surface area contributed by atoms with Crippen LogP contribution in [0.5, 0.6) is 0 Å². The average Bonchev–Trinajstić information content (AvgIpc) is 3.20. The number of aromatic nitrogens is 4. The van der Waals surface area contributed by atoms with Gasteiger partial charge in [-0.15, -0.1) is 10.2 Å². The van der Waals surface area contributed by atoms with Gasteiger partial charge in [0.1, 0.15) is 5.82 Å². The van der Waals surface area contributed by atoms with Crippen molar-refractivity contribution < 1.29 is 9.18 Å². The zero-order valence-electron chi connectivity index (χ0n) is 16.4. The highest BCUT2D eigenvalue weighted by atomic mass is 79.9. The lowest BCUT2D eigenvalue weighted by atomic mass is 10.2. The van der Waals surface area contributed by atoms with Crippen LogP contribution in [-0.4, -0.2) is 31.4 Å². The molecule has 0 spiro atoms. The Labute approximate surface area is 191 Å². The second kappa shape index (κ2) is 9.40. The average molecular weight is 498 g/mol. The highest BCUT2D eigenvalue weighted by molar-refractivity contribution is 9.10. The maximum atomic E-state index is 13.7. The highest BCUT2D eigenvalue weighted by Crippen LogP contribution is 2.28. The molecule has 0 aliphatic carbocycles. The van der Waals surface area contributed by atoms with Gasteiger partial charge < -0.3 is 5.32 Å². The summed E-state index contributed by atoms with van der Waals surface area (Å²) in [4.78, 5) is 16.6. The first kappa shape index (κ1) is 21.2. The molecular formula is C22H17BrFN5OS. The van der Waals surface area contributed by atoms with Crippen LogP contribution in [-0.2, 0) is 4.79 Å². The molecule has 0 radical (unpaired) electrons. The van der Waals surface area contributed by atoms with Crippen LogP contribution in [0, 0.1) is 12.7 Å². The third kappa shape index (κ3) is 5.00. The Bertz CT molecular complexity index is 1210. The van der Waals surface area contributed by atoms with Crippen molar-refractivity contribution >= 4 is 39.3 Å². The molecule has 0 aliphatic rings. The molecule has 0 atom stereocenters. The summed E-state index contributed by atoms with van der Waals surface area (Å²) in [5, 5.41) is 11.9. The maximum absolute atomic E-state index is 13.7. The van der Waals surface area contributed by atoms with Gasteiger partial charge >= 0.3 is 0 Å². The van der Waals surface area contributed by atoms with Crippen molar-refractivity contribution in [1.82, 2.24) is 19.7 Å². The molecule has 1 amide bonds. The third-order valence-electron chi connectivity index (χ3n) is 4.43. The monoisotopic (exact) mass is 497 g/mol. The van der Waals surface area contributed by atoms with Gasteiger partial charge in [-0.1, -0.05) is 33.8 Å². The van der Waals surface area contributed by atoms with E-state index in [1.807, 2.05) is 41.0 Å². The minimum absolute atomic E-state index is 0.0944. The van der Waals surface area contributed by atoms with E-state index in [-0.39, 0.29) is 17.5 Å². The Morgan fingerprint density at radius 1 is 1.16 bits per heavy atom. The van der Waals surface area contributed by atoms with Crippen LogP contribution in [0.1, 0.15) is 5.56 Å². The molecule has 4 aromatic rings. The number of anilines is 1. The van der Waals surface area contributed by atoms with E-state index in [9.17, 15) is 9.18 Å². The Hall–Kier alpha value is -3.04. The van der Waals surface area contributed by atoms with Gasteiger partial charge in [-0.3, -0.25) is 14.3 Å². The number of nitrogens with zero attached hydrogens (tertiary/aromatic N) is 4. The second-order valence-electron chi connectivity index (χ2n) is 6.66. The number of nitrogens with one attached hydrogen (secondary N) is 1. The van der Waals surface area contributed by atoms with E-state index < -0.39 is 0 Å². The van der Waals surface area contributed by atoms with Crippen molar-refractivity contribution in [3.8, 4) is 17.1 Å². The summed E-state index contributed by atoms with van der Waals surface area (Å²) < 4.78 is 16.6. The summed E-state index contributed by atoms with van der Waals surface area (Å²) >= 11 is 4.69. The topological polar surface area (TPSA) is 72.7 Å². The Morgan fingerprint density at radius 2 is 1.97 bits per heavy atom. The van der Waals surface area contributed by atoms with Gasteiger partial charge in [-0.25, -0.2) is 4.39 Å². The molecule has 2 heterocycles. The molecule has 1 N–H and O–H groups in total. The molecule has 0 bridgehead atoms. The molecule has 9 heteroatoms. The number of halogens is 2. The molecule has 0 saturated carbocycles. The maximum Gasteiger partial charge on any atom is 0.234 e. The Morgan fingerprint density at radius 3 is 2.68 bits per heavy atom. The summed E-state index contributed by atoms with van der Waals surface area (Å²) in [5.41, 5.74) is 2.61. The molecule has 31 heavy (non-hydrogen) atoms. The van der Waals surface area contributed by atoms with Gasteiger partial charge in [0, 0.05) is 33.8 Å². The van der Waals surface area contributed by atoms with Crippen molar-refractivity contribution in [1.29, 1.82) is 0 Å².